The van der Waals surface area contributed by atoms with Crippen molar-refractivity contribution in [2.75, 3.05) is 12.4 Å². The second kappa shape index (κ2) is 7.80. The summed E-state index contributed by atoms with van der Waals surface area (Å²) in [4.78, 5) is 27.4. The smallest absolute Gasteiger partial charge is 0.407 e. The van der Waals surface area contributed by atoms with Crippen LogP contribution in [0, 0.1) is 0 Å². The molecule has 2 amide bonds. The van der Waals surface area contributed by atoms with Gasteiger partial charge in [0.2, 0.25) is 0 Å². The number of rotatable bonds is 4. The molecule has 2 aromatic rings. The zero-order valence-corrected chi connectivity index (χ0v) is 13.6. The Balaban J connectivity index is 2.10. The highest BCUT2D eigenvalue weighted by Crippen LogP contribution is 2.29. The first-order chi connectivity index (χ1) is 11.0. The van der Waals surface area contributed by atoms with E-state index < -0.39 is 6.09 Å². The molecule has 0 aliphatic rings. The summed E-state index contributed by atoms with van der Waals surface area (Å²) in [6.45, 7) is 0.145. The van der Waals surface area contributed by atoms with Crippen molar-refractivity contribution >= 4 is 40.9 Å². The Morgan fingerprint density at radius 1 is 1.26 bits per heavy atom. The van der Waals surface area contributed by atoms with Crippen LogP contribution in [0.15, 0.2) is 36.5 Å². The number of nitrogens with zero attached hydrogens (tertiary/aromatic N) is 1. The second-order valence-corrected chi connectivity index (χ2v) is 5.22. The van der Waals surface area contributed by atoms with Crippen LogP contribution in [0.4, 0.5) is 10.5 Å². The standard InChI is InChI=1S/C15H13Cl2N3O3/c1-23-15(22)19-8-10-7-9(5-6-18-10)14(21)20-12-4-2-3-11(16)13(12)17/h2-7H,8H2,1H3,(H,19,22)(H,20,21). The molecule has 2 N–H and O–H groups in total. The Hall–Kier alpha value is -2.31. The van der Waals surface area contributed by atoms with Gasteiger partial charge in [-0.3, -0.25) is 9.78 Å². The number of amides is 2. The molecular weight excluding hydrogens is 341 g/mol. The number of pyridine rings is 1. The largest absolute Gasteiger partial charge is 0.453 e. The van der Waals surface area contributed by atoms with E-state index in [2.05, 4.69) is 20.4 Å². The van der Waals surface area contributed by atoms with Gasteiger partial charge in [0.1, 0.15) is 0 Å². The number of methoxy groups -OCH3 is 1. The number of carbonyl (C=O) groups excluding carboxylic acids is 2. The lowest BCUT2D eigenvalue weighted by Crippen LogP contribution is -2.23. The predicted molar refractivity (Wildman–Crippen MR) is 87.9 cm³/mol. The van der Waals surface area contributed by atoms with Gasteiger partial charge >= 0.3 is 6.09 Å². The number of ether oxygens (including phenoxy) is 1. The summed E-state index contributed by atoms with van der Waals surface area (Å²) in [6, 6.07) is 8.07. The first kappa shape index (κ1) is 17.1. The summed E-state index contributed by atoms with van der Waals surface area (Å²) in [5.41, 5.74) is 1.30. The lowest BCUT2D eigenvalue weighted by molar-refractivity contribution is 0.102. The molecule has 0 saturated carbocycles. The molecule has 0 saturated heterocycles. The van der Waals surface area contributed by atoms with Gasteiger partial charge in [0.05, 0.1) is 35.1 Å². The number of nitrogens with one attached hydrogen (secondary N) is 2. The molecule has 23 heavy (non-hydrogen) atoms. The summed E-state index contributed by atoms with van der Waals surface area (Å²) < 4.78 is 4.47. The van der Waals surface area contributed by atoms with E-state index in [1.807, 2.05) is 0 Å². The topological polar surface area (TPSA) is 80.3 Å². The fourth-order valence-electron chi connectivity index (χ4n) is 1.75. The maximum Gasteiger partial charge on any atom is 0.407 e. The average molecular weight is 354 g/mol. The highest BCUT2D eigenvalue weighted by atomic mass is 35.5. The Labute approximate surface area is 142 Å². The van der Waals surface area contributed by atoms with E-state index in [9.17, 15) is 9.59 Å². The summed E-state index contributed by atoms with van der Waals surface area (Å²) in [7, 11) is 1.27. The van der Waals surface area contributed by atoms with Crippen LogP contribution in [0.1, 0.15) is 16.1 Å². The van der Waals surface area contributed by atoms with E-state index in [-0.39, 0.29) is 17.5 Å². The van der Waals surface area contributed by atoms with E-state index in [1.54, 1.807) is 30.3 Å². The summed E-state index contributed by atoms with van der Waals surface area (Å²) in [6.07, 6.45) is 0.898. The van der Waals surface area contributed by atoms with Crippen molar-refractivity contribution in [3.05, 3.63) is 57.8 Å². The fraction of sp³-hybridized carbons (Fsp3) is 0.133. The van der Waals surface area contributed by atoms with Crippen molar-refractivity contribution in [1.29, 1.82) is 0 Å². The fourth-order valence-corrected chi connectivity index (χ4v) is 2.09. The Morgan fingerprint density at radius 3 is 2.78 bits per heavy atom. The van der Waals surface area contributed by atoms with Gasteiger partial charge in [-0.15, -0.1) is 0 Å². The third kappa shape index (κ3) is 4.58. The van der Waals surface area contributed by atoms with Crippen molar-refractivity contribution in [3.63, 3.8) is 0 Å². The zero-order valence-electron chi connectivity index (χ0n) is 12.1. The summed E-state index contributed by atoms with van der Waals surface area (Å²) in [5, 5.41) is 5.78. The Bertz CT molecular complexity index is 738. The molecule has 0 unspecified atom stereocenters. The summed E-state index contributed by atoms with van der Waals surface area (Å²) >= 11 is 11.9. The molecule has 0 bridgehead atoms. The van der Waals surface area contributed by atoms with Crippen LogP contribution in [0.3, 0.4) is 0 Å². The van der Waals surface area contributed by atoms with Gasteiger partial charge < -0.3 is 15.4 Å². The maximum absolute atomic E-state index is 12.3. The number of alkyl carbamates (subject to hydrolysis) is 1. The van der Waals surface area contributed by atoms with E-state index in [0.29, 0.717) is 22.0 Å². The molecule has 0 atom stereocenters. The lowest BCUT2D eigenvalue weighted by atomic mass is 10.2. The molecule has 2 rings (SSSR count). The van der Waals surface area contributed by atoms with Crippen LogP contribution in [0.2, 0.25) is 10.0 Å². The Kier molecular flexibility index (Phi) is 5.78. The van der Waals surface area contributed by atoms with Crippen molar-refractivity contribution in [2.45, 2.75) is 6.54 Å². The van der Waals surface area contributed by atoms with Crippen LogP contribution in [-0.4, -0.2) is 24.1 Å². The molecule has 0 fully saturated rings. The van der Waals surface area contributed by atoms with Crippen molar-refractivity contribution in [1.82, 2.24) is 10.3 Å². The normalized spacial score (nSPS) is 10.0. The van der Waals surface area contributed by atoms with Gasteiger partial charge in [-0.1, -0.05) is 29.3 Å². The molecular formula is C15H13Cl2N3O3. The predicted octanol–water partition coefficient (Wildman–Crippen LogP) is 3.50. The third-order valence-electron chi connectivity index (χ3n) is 2.88. The average Bonchev–Trinajstić information content (AvgIpc) is 2.57. The molecule has 1 aromatic heterocycles. The van der Waals surface area contributed by atoms with Gasteiger partial charge in [-0.25, -0.2) is 4.79 Å². The van der Waals surface area contributed by atoms with E-state index in [0.717, 1.165) is 0 Å². The van der Waals surface area contributed by atoms with Gasteiger partial charge in [0.15, 0.2) is 0 Å². The Morgan fingerprint density at radius 2 is 2.04 bits per heavy atom. The first-order valence-electron chi connectivity index (χ1n) is 6.53. The van der Waals surface area contributed by atoms with Gasteiger partial charge in [0, 0.05) is 11.8 Å². The lowest BCUT2D eigenvalue weighted by Gasteiger charge is -2.09. The molecule has 0 radical (unpaired) electrons. The molecule has 0 spiro atoms. The van der Waals surface area contributed by atoms with Crippen molar-refractivity contribution in [2.24, 2.45) is 0 Å². The van der Waals surface area contributed by atoms with E-state index in [4.69, 9.17) is 23.2 Å². The first-order valence-corrected chi connectivity index (χ1v) is 7.29. The quantitative estimate of drug-likeness (QED) is 0.881. The SMILES string of the molecule is COC(=O)NCc1cc(C(=O)Nc2cccc(Cl)c2Cl)ccn1. The molecule has 120 valence electrons. The monoisotopic (exact) mass is 353 g/mol. The minimum absolute atomic E-state index is 0.145. The van der Waals surface area contributed by atoms with Crippen molar-refractivity contribution < 1.29 is 14.3 Å². The third-order valence-corrected chi connectivity index (χ3v) is 3.70. The number of benzene rings is 1. The van der Waals surface area contributed by atoms with Crippen LogP contribution >= 0.6 is 23.2 Å². The number of halogens is 2. The van der Waals surface area contributed by atoms with Gasteiger partial charge in [-0.05, 0) is 24.3 Å². The molecule has 1 aromatic carbocycles. The molecule has 0 aliphatic carbocycles. The molecule has 0 aliphatic heterocycles. The molecule has 6 nitrogen and oxygen atoms in total. The zero-order chi connectivity index (χ0) is 16.8. The number of hydrogen-bond acceptors (Lipinski definition) is 4. The van der Waals surface area contributed by atoms with Crippen LogP contribution < -0.4 is 10.6 Å². The van der Waals surface area contributed by atoms with Gasteiger partial charge in [-0.2, -0.15) is 0 Å². The number of carbonyl (C=O) groups is 2. The minimum Gasteiger partial charge on any atom is -0.453 e. The van der Waals surface area contributed by atoms with Crippen LogP contribution in [0.25, 0.3) is 0 Å². The molecule has 1 heterocycles. The van der Waals surface area contributed by atoms with Gasteiger partial charge in [0.25, 0.3) is 5.91 Å². The summed E-state index contributed by atoms with van der Waals surface area (Å²) in [5.74, 6) is -0.365. The number of aromatic nitrogens is 1. The highest BCUT2D eigenvalue weighted by molar-refractivity contribution is 6.44. The highest BCUT2D eigenvalue weighted by Gasteiger charge is 2.11. The number of anilines is 1. The van der Waals surface area contributed by atoms with E-state index >= 15 is 0 Å². The van der Waals surface area contributed by atoms with E-state index in [1.165, 1.54) is 13.3 Å². The van der Waals surface area contributed by atoms with Crippen LogP contribution in [-0.2, 0) is 11.3 Å². The maximum atomic E-state index is 12.3. The number of hydrogen-bond donors (Lipinski definition) is 2. The van der Waals surface area contributed by atoms with Crippen molar-refractivity contribution in [3.8, 4) is 0 Å². The minimum atomic E-state index is -0.577. The second-order valence-electron chi connectivity index (χ2n) is 4.44. The molecule has 8 heteroatoms. The van der Waals surface area contributed by atoms with Crippen LogP contribution in [0.5, 0.6) is 0 Å².